The van der Waals surface area contributed by atoms with Gasteiger partial charge in [-0.3, -0.25) is 10.2 Å². The fourth-order valence-corrected chi connectivity index (χ4v) is 4.77. The maximum absolute atomic E-state index is 11.1. The van der Waals surface area contributed by atoms with Crippen molar-refractivity contribution in [1.82, 2.24) is 15.4 Å². The molecule has 2 aliphatic rings. The third kappa shape index (κ3) is 6.96. The van der Waals surface area contributed by atoms with E-state index in [1.807, 2.05) is 6.07 Å². The second kappa shape index (κ2) is 12.5. The number of rotatable bonds is 8. The molecule has 0 radical (unpaired) electrons. The van der Waals surface area contributed by atoms with Gasteiger partial charge in [0.25, 0.3) is 0 Å². The lowest BCUT2D eigenvalue weighted by Gasteiger charge is -2.34. The minimum absolute atomic E-state index is 0.149. The molecule has 3 unspecified atom stereocenters. The maximum Gasteiger partial charge on any atom is 0.230 e. The zero-order valence-electron chi connectivity index (χ0n) is 21.9. The molecule has 0 bridgehead atoms. The highest BCUT2D eigenvalue weighted by atomic mass is 16.5. The van der Waals surface area contributed by atoms with E-state index in [-0.39, 0.29) is 18.2 Å². The van der Waals surface area contributed by atoms with Crippen LogP contribution in [-0.2, 0) is 16.0 Å². The van der Waals surface area contributed by atoms with Gasteiger partial charge in [0.15, 0.2) is 0 Å². The molecule has 3 N–H and O–H groups in total. The SMILES string of the molecule is CC(=O)NNCC1CC(O)CC(n2cc(Cc3ccc(C4CC4)cc3)c3ccccc32)O1.CCCC. The number of amides is 1. The molecule has 1 saturated carbocycles. The molecule has 5 rings (SSSR count). The number of nitrogens with one attached hydrogen (secondary N) is 2. The number of aliphatic hydroxyl groups excluding tert-OH is 1. The Bertz CT molecular complexity index is 1120. The van der Waals surface area contributed by atoms with Crippen molar-refractivity contribution in [1.29, 1.82) is 0 Å². The third-order valence-corrected chi connectivity index (χ3v) is 7.01. The first-order chi connectivity index (χ1) is 17.5. The fraction of sp³-hybridized carbons (Fsp3) is 0.500. The van der Waals surface area contributed by atoms with Gasteiger partial charge in [0.05, 0.1) is 17.7 Å². The van der Waals surface area contributed by atoms with Crippen molar-refractivity contribution >= 4 is 16.8 Å². The van der Waals surface area contributed by atoms with Gasteiger partial charge < -0.3 is 14.4 Å². The number of hydrogen-bond donors (Lipinski definition) is 3. The molecule has 36 heavy (non-hydrogen) atoms. The lowest BCUT2D eigenvalue weighted by molar-refractivity contribution is -0.128. The van der Waals surface area contributed by atoms with E-state index in [9.17, 15) is 9.90 Å². The standard InChI is InChI=1S/C26H31N3O3.C4H10/c1-17(30)28-27-15-23-13-22(31)14-26(32-23)29-16-21(24-4-2-3-5-25(24)29)12-18-6-8-19(9-7-18)20-10-11-20;1-3-4-2/h2-9,16,20,22-23,26-27,31H,10-15H2,1H3,(H,28,30);3-4H2,1-2H3. The number of carbonyl (C=O) groups excluding carboxylic acids is 1. The van der Waals surface area contributed by atoms with Gasteiger partial charge in [0, 0.05) is 37.9 Å². The largest absolute Gasteiger partial charge is 0.393 e. The fourth-order valence-electron chi connectivity index (χ4n) is 4.77. The highest BCUT2D eigenvalue weighted by molar-refractivity contribution is 5.84. The zero-order chi connectivity index (χ0) is 25.5. The van der Waals surface area contributed by atoms with E-state index in [0.717, 1.165) is 17.9 Å². The number of unbranched alkanes of at least 4 members (excludes halogenated alkanes) is 1. The smallest absolute Gasteiger partial charge is 0.230 e. The molecule has 0 spiro atoms. The molecule has 1 aliphatic carbocycles. The highest BCUT2D eigenvalue weighted by Crippen LogP contribution is 2.40. The third-order valence-electron chi connectivity index (χ3n) is 7.01. The molecule has 1 saturated heterocycles. The van der Waals surface area contributed by atoms with Crippen LogP contribution in [0, 0.1) is 0 Å². The van der Waals surface area contributed by atoms with E-state index in [1.54, 1.807) is 0 Å². The summed E-state index contributed by atoms with van der Waals surface area (Å²) in [4.78, 5) is 11.1. The van der Waals surface area contributed by atoms with Crippen LogP contribution in [0.1, 0.15) is 88.1 Å². The minimum atomic E-state index is -0.447. The van der Waals surface area contributed by atoms with Crippen molar-refractivity contribution in [3.63, 3.8) is 0 Å². The maximum atomic E-state index is 11.1. The van der Waals surface area contributed by atoms with E-state index in [0.29, 0.717) is 19.4 Å². The summed E-state index contributed by atoms with van der Waals surface area (Å²) in [7, 11) is 0. The Kier molecular flexibility index (Phi) is 9.19. The van der Waals surface area contributed by atoms with Gasteiger partial charge in [0.2, 0.25) is 5.91 Å². The topological polar surface area (TPSA) is 75.5 Å². The first-order valence-corrected chi connectivity index (χ1v) is 13.5. The van der Waals surface area contributed by atoms with Gasteiger partial charge in [-0.2, -0.15) is 0 Å². The summed E-state index contributed by atoms with van der Waals surface area (Å²) >= 11 is 0. The van der Waals surface area contributed by atoms with E-state index in [1.165, 1.54) is 54.7 Å². The van der Waals surface area contributed by atoms with Gasteiger partial charge >= 0.3 is 0 Å². The number of ether oxygens (including phenoxy) is 1. The van der Waals surface area contributed by atoms with Crippen LogP contribution in [0.15, 0.2) is 54.7 Å². The summed E-state index contributed by atoms with van der Waals surface area (Å²) in [5.74, 6) is 0.623. The van der Waals surface area contributed by atoms with Gasteiger partial charge in [-0.25, -0.2) is 5.43 Å². The average molecular weight is 492 g/mol. The molecule has 6 heteroatoms. The number of para-hydroxylation sites is 1. The number of nitrogens with zero attached hydrogens (tertiary/aromatic N) is 1. The Morgan fingerprint density at radius 1 is 1.06 bits per heavy atom. The van der Waals surface area contributed by atoms with Crippen molar-refractivity contribution in [3.05, 3.63) is 71.4 Å². The second-order valence-electron chi connectivity index (χ2n) is 10.2. The van der Waals surface area contributed by atoms with Crippen LogP contribution in [0.5, 0.6) is 0 Å². The summed E-state index contributed by atoms with van der Waals surface area (Å²) in [5, 5.41) is 11.7. The first-order valence-electron chi connectivity index (χ1n) is 13.5. The molecular weight excluding hydrogens is 450 g/mol. The number of hydrogen-bond acceptors (Lipinski definition) is 4. The first kappa shape index (κ1) is 26.4. The number of fused-ring (bicyclic) bond motifs is 1. The van der Waals surface area contributed by atoms with Crippen LogP contribution >= 0.6 is 0 Å². The number of benzene rings is 2. The molecule has 2 aromatic carbocycles. The number of aliphatic hydroxyl groups is 1. The monoisotopic (exact) mass is 491 g/mol. The molecule has 3 atom stereocenters. The lowest BCUT2D eigenvalue weighted by Crippen LogP contribution is -2.45. The van der Waals surface area contributed by atoms with Crippen LogP contribution in [0.25, 0.3) is 10.9 Å². The summed E-state index contributed by atoms with van der Waals surface area (Å²) < 4.78 is 8.50. The predicted octanol–water partition coefficient (Wildman–Crippen LogP) is 5.60. The molecule has 1 aliphatic heterocycles. The van der Waals surface area contributed by atoms with Crippen molar-refractivity contribution in [2.45, 2.75) is 90.1 Å². The average Bonchev–Trinajstić information content (AvgIpc) is 3.66. The van der Waals surface area contributed by atoms with E-state index < -0.39 is 6.10 Å². The number of carbonyl (C=O) groups is 1. The van der Waals surface area contributed by atoms with Crippen molar-refractivity contribution in [3.8, 4) is 0 Å². The molecule has 2 heterocycles. The Balaban J connectivity index is 0.000000709. The van der Waals surface area contributed by atoms with Crippen molar-refractivity contribution in [2.24, 2.45) is 0 Å². The second-order valence-corrected chi connectivity index (χ2v) is 10.2. The minimum Gasteiger partial charge on any atom is -0.393 e. The molecule has 1 amide bonds. The predicted molar refractivity (Wildman–Crippen MR) is 145 cm³/mol. The van der Waals surface area contributed by atoms with E-state index in [2.05, 4.69) is 77.9 Å². The summed E-state index contributed by atoms with van der Waals surface area (Å²) in [6.07, 6.45) is 8.53. The lowest BCUT2D eigenvalue weighted by atomic mass is 10.0. The Morgan fingerprint density at radius 2 is 1.78 bits per heavy atom. The summed E-state index contributed by atoms with van der Waals surface area (Å²) in [6.45, 7) is 6.27. The number of aromatic nitrogens is 1. The summed E-state index contributed by atoms with van der Waals surface area (Å²) in [6, 6.07) is 17.5. The van der Waals surface area contributed by atoms with Crippen LogP contribution in [0.4, 0.5) is 0 Å². The van der Waals surface area contributed by atoms with Gasteiger partial charge in [-0.15, -0.1) is 0 Å². The van der Waals surface area contributed by atoms with Crippen LogP contribution in [0.2, 0.25) is 0 Å². The zero-order valence-corrected chi connectivity index (χ0v) is 21.9. The molecule has 2 fully saturated rings. The van der Waals surface area contributed by atoms with Crippen LogP contribution < -0.4 is 10.9 Å². The molecule has 6 nitrogen and oxygen atoms in total. The van der Waals surface area contributed by atoms with Crippen molar-refractivity contribution in [2.75, 3.05) is 6.54 Å². The number of hydrazine groups is 1. The Morgan fingerprint density at radius 3 is 2.44 bits per heavy atom. The van der Waals surface area contributed by atoms with Crippen LogP contribution in [0.3, 0.4) is 0 Å². The normalized spacial score (nSPS) is 21.6. The quantitative estimate of drug-likeness (QED) is 0.359. The Hall–Kier alpha value is -2.67. The highest BCUT2D eigenvalue weighted by Gasteiger charge is 2.30. The van der Waals surface area contributed by atoms with Gasteiger partial charge in [-0.05, 0) is 47.9 Å². The summed E-state index contributed by atoms with van der Waals surface area (Å²) in [5.41, 5.74) is 10.6. The van der Waals surface area contributed by atoms with Gasteiger partial charge in [0.1, 0.15) is 6.23 Å². The van der Waals surface area contributed by atoms with E-state index >= 15 is 0 Å². The Labute approximate surface area is 215 Å². The molecule has 1 aromatic heterocycles. The van der Waals surface area contributed by atoms with Crippen molar-refractivity contribution < 1.29 is 14.6 Å². The molecule has 194 valence electrons. The van der Waals surface area contributed by atoms with Crippen LogP contribution in [-0.4, -0.2) is 34.3 Å². The van der Waals surface area contributed by atoms with E-state index in [4.69, 9.17) is 4.74 Å². The molecular formula is C30H41N3O3. The molecule has 3 aromatic rings. The van der Waals surface area contributed by atoms with Gasteiger partial charge in [-0.1, -0.05) is 69.2 Å².